The van der Waals surface area contributed by atoms with E-state index in [1.165, 1.54) is 11.8 Å². The number of carbonyl (C=O) groups is 1. The molecule has 0 radical (unpaired) electrons. The molecule has 0 spiro atoms. The Balaban J connectivity index is 2.17. The minimum atomic E-state index is -1.05. The molecule has 5 nitrogen and oxygen atoms in total. The third kappa shape index (κ3) is 2.03. The smallest absolute Gasteiger partial charge is 0.356 e. The van der Waals surface area contributed by atoms with Crippen molar-refractivity contribution in [2.75, 3.05) is 0 Å². The second-order valence-electron chi connectivity index (χ2n) is 4.80. The maximum Gasteiger partial charge on any atom is 0.356 e. The highest BCUT2D eigenvalue weighted by molar-refractivity contribution is 5.85. The van der Waals surface area contributed by atoms with Gasteiger partial charge in [0.05, 0.1) is 0 Å². The fourth-order valence-electron chi connectivity index (χ4n) is 2.17. The number of imidazole rings is 1. The van der Waals surface area contributed by atoms with E-state index in [9.17, 15) is 4.79 Å². The van der Waals surface area contributed by atoms with Gasteiger partial charge in [0.2, 0.25) is 5.78 Å². The van der Waals surface area contributed by atoms with Crippen LogP contribution in [0.3, 0.4) is 0 Å². The second kappa shape index (κ2) is 4.45. The van der Waals surface area contributed by atoms with Gasteiger partial charge in [-0.05, 0) is 25.0 Å². The first-order valence-corrected chi connectivity index (χ1v) is 6.20. The van der Waals surface area contributed by atoms with Gasteiger partial charge in [0, 0.05) is 24.2 Å². The molecule has 0 aliphatic carbocycles. The topological polar surface area (TPSA) is 67.5 Å². The van der Waals surface area contributed by atoms with Gasteiger partial charge in [-0.1, -0.05) is 23.8 Å². The predicted molar refractivity (Wildman–Crippen MR) is 74.9 cm³/mol. The molecule has 0 bridgehead atoms. The zero-order valence-corrected chi connectivity index (χ0v) is 11.2. The standard InChI is InChI=1S/C15H13N3O2/c1-9-3-4-10(2)12(5-9)11-6-16-15-17-13(14(19)20)8-18(15)7-11/h3-8H,1-2H3,(H,19,20). The lowest BCUT2D eigenvalue weighted by molar-refractivity contribution is 0.0691. The number of rotatable bonds is 2. The number of benzene rings is 1. The van der Waals surface area contributed by atoms with Gasteiger partial charge < -0.3 is 5.11 Å². The third-order valence-corrected chi connectivity index (χ3v) is 3.23. The predicted octanol–water partition coefficient (Wildman–Crippen LogP) is 2.71. The number of hydrogen-bond donors (Lipinski definition) is 1. The molecular formula is C15H13N3O2. The number of aromatic carboxylic acids is 1. The van der Waals surface area contributed by atoms with Crippen molar-refractivity contribution in [3.8, 4) is 11.1 Å². The van der Waals surface area contributed by atoms with Crippen molar-refractivity contribution in [3.05, 3.63) is 53.6 Å². The Morgan fingerprint density at radius 3 is 2.80 bits per heavy atom. The summed E-state index contributed by atoms with van der Waals surface area (Å²) in [6.45, 7) is 4.07. The van der Waals surface area contributed by atoms with Crippen LogP contribution < -0.4 is 0 Å². The zero-order chi connectivity index (χ0) is 14.3. The van der Waals surface area contributed by atoms with Crippen molar-refractivity contribution in [1.29, 1.82) is 0 Å². The summed E-state index contributed by atoms with van der Waals surface area (Å²) >= 11 is 0. The quantitative estimate of drug-likeness (QED) is 0.775. The van der Waals surface area contributed by atoms with Crippen molar-refractivity contribution < 1.29 is 9.90 Å². The average Bonchev–Trinajstić information content (AvgIpc) is 2.84. The normalized spacial score (nSPS) is 10.9. The molecule has 1 aromatic carbocycles. The fourth-order valence-corrected chi connectivity index (χ4v) is 2.17. The molecule has 2 heterocycles. The van der Waals surface area contributed by atoms with Crippen molar-refractivity contribution >= 4 is 11.7 Å². The Morgan fingerprint density at radius 2 is 2.05 bits per heavy atom. The lowest BCUT2D eigenvalue weighted by Gasteiger charge is -2.07. The van der Waals surface area contributed by atoms with Gasteiger partial charge in [-0.3, -0.25) is 4.40 Å². The summed E-state index contributed by atoms with van der Waals surface area (Å²) in [5.74, 6) is -0.666. The van der Waals surface area contributed by atoms with Gasteiger partial charge in [-0.25, -0.2) is 14.8 Å². The molecule has 0 saturated carbocycles. The van der Waals surface area contributed by atoms with Crippen LogP contribution in [0.1, 0.15) is 21.6 Å². The van der Waals surface area contributed by atoms with Gasteiger partial charge in [-0.2, -0.15) is 0 Å². The van der Waals surface area contributed by atoms with Crippen molar-refractivity contribution in [3.63, 3.8) is 0 Å². The maximum absolute atomic E-state index is 10.9. The lowest BCUT2D eigenvalue weighted by atomic mass is 10.0. The first kappa shape index (κ1) is 12.3. The van der Waals surface area contributed by atoms with Crippen LogP contribution >= 0.6 is 0 Å². The number of aromatic nitrogens is 3. The Kier molecular flexibility index (Phi) is 2.75. The number of hydrogen-bond acceptors (Lipinski definition) is 3. The summed E-state index contributed by atoms with van der Waals surface area (Å²) in [6.07, 6.45) is 5.04. The summed E-state index contributed by atoms with van der Waals surface area (Å²) in [5, 5.41) is 8.95. The molecular weight excluding hydrogens is 254 g/mol. The van der Waals surface area contributed by atoms with Crippen LogP contribution in [0.5, 0.6) is 0 Å². The first-order valence-electron chi connectivity index (χ1n) is 6.20. The summed E-state index contributed by atoms with van der Waals surface area (Å²) < 4.78 is 1.64. The van der Waals surface area contributed by atoms with E-state index < -0.39 is 5.97 Å². The molecule has 3 aromatic rings. The van der Waals surface area contributed by atoms with E-state index in [4.69, 9.17) is 5.11 Å². The Labute approximate surface area is 115 Å². The number of carboxylic acids is 1. The molecule has 20 heavy (non-hydrogen) atoms. The van der Waals surface area contributed by atoms with E-state index in [1.807, 2.05) is 20.0 Å². The van der Waals surface area contributed by atoms with Crippen LogP contribution in [-0.2, 0) is 0 Å². The van der Waals surface area contributed by atoms with Crippen LogP contribution in [0.25, 0.3) is 16.9 Å². The highest BCUT2D eigenvalue weighted by Crippen LogP contribution is 2.24. The fraction of sp³-hybridized carbons (Fsp3) is 0.133. The largest absolute Gasteiger partial charge is 0.476 e. The van der Waals surface area contributed by atoms with E-state index >= 15 is 0 Å². The Morgan fingerprint density at radius 1 is 1.25 bits per heavy atom. The summed E-state index contributed by atoms with van der Waals surface area (Å²) in [4.78, 5) is 19.1. The number of carboxylic acid groups (broad SMARTS) is 1. The van der Waals surface area contributed by atoms with E-state index in [0.29, 0.717) is 5.78 Å². The molecule has 100 valence electrons. The SMILES string of the molecule is Cc1ccc(C)c(-c2cnc3nc(C(=O)O)cn3c2)c1. The number of nitrogens with zero attached hydrogens (tertiary/aromatic N) is 3. The molecule has 0 aliphatic rings. The van der Waals surface area contributed by atoms with Crippen LogP contribution in [0, 0.1) is 13.8 Å². The zero-order valence-electron chi connectivity index (χ0n) is 11.2. The Bertz CT molecular complexity index is 821. The highest BCUT2D eigenvalue weighted by atomic mass is 16.4. The molecule has 0 atom stereocenters. The van der Waals surface area contributed by atoms with E-state index in [1.54, 1.807) is 10.6 Å². The number of aryl methyl sites for hydroxylation is 2. The molecule has 5 heteroatoms. The van der Waals surface area contributed by atoms with Crippen LogP contribution in [0.15, 0.2) is 36.8 Å². The molecule has 0 fully saturated rings. The lowest BCUT2D eigenvalue weighted by Crippen LogP contribution is -1.94. The van der Waals surface area contributed by atoms with E-state index in [-0.39, 0.29) is 5.69 Å². The summed E-state index contributed by atoms with van der Waals surface area (Å²) in [6, 6.07) is 6.21. The van der Waals surface area contributed by atoms with Gasteiger partial charge in [0.1, 0.15) is 0 Å². The van der Waals surface area contributed by atoms with Gasteiger partial charge >= 0.3 is 5.97 Å². The molecule has 0 saturated heterocycles. The van der Waals surface area contributed by atoms with Crippen molar-refractivity contribution in [1.82, 2.24) is 14.4 Å². The van der Waals surface area contributed by atoms with Gasteiger partial charge in [0.15, 0.2) is 5.69 Å². The average molecular weight is 267 g/mol. The number of fused-ring (bicyclic) bond motifs is 1. The molecule has 3 rings (SSSR count). The minimum absolute atomic E-state index is 0.00406. The molecule has 0 unspecified atom stereocenters. The van der Waals surface area contributed by atoms with E-state index in [2.05, 4.69) is 28.2 Å². The molecule has 0 amide bonds. The monoisotopic (exact) mass is 267 g/mol. The molecule has 1 N–H and O–H groups in total. The van der Waals surface area contributed by atoms with Crippen LogP contribution in [0.4, 0.5) is 0 Å². The second-order valence-corrected chi connectivity index (χ2v) is 4.80. The van der Waals surface area contributed by atoms with Crippen LogP contribution in [-0.4, -0.2) is 25.4 Å². The van der Waals surface area contributed by atoms with Gasteiger partial charge in [-0.15, -0.1) is 0 Å². The molecule has 0 aliphatic heterocycles. The maximum atomic E-state index is 10.9. The van der Waals surface area contributed by atoms with Crippen LogP contribution in [0.2, 0.25) is 0 Å². The van der Waals surface area contributed by atoms with Crippen molar-refractivity contribution in [2.45, 2.75) is 13.8 Å². The third-order valence-electron chi connectivity index (χ3n) is 3.23. The summed E-state index contributed by atoms with van der Waals surface area (Å²) in [7, 11) is 0. The van der Waals surface area contributed by atoms with Crippen molar-refractivity contribution in [2.24, 2.45) is 0 Å². The first-order chi connectivity index (χ1) is 9.54. The summed E-state index contributed by atoms with van der Waals surface area (Å²) in [5.41, 5.74) is 4.34. The van der Waals surface area contributed by atoms with Gasteiger partial charge in [0.25, 0.3) is 0 Å². The molecule has 2 aromatic heterocycles. The Hall–Kier alpha value is -2.69. The highest BCUT2D eigenvalue weighted by Gasteiger charge is 2.11. The minimum Gasteiger partial charge on any atom is -0.476 e. The van der Waals surface area contributed by atoms with E-state index in [0.717, 1.165) is 16.7 Å².